The summed E-state index contributed by atoms with van der Waals surface area (Å²) >= 11 is 9.67. The maximum Gasteiger partial charge on any atom is 0.170 e. The average molecular weight is 897 g/mol. The summed E-state index contributed by atoms with van der Waals surface area (Å²) < 4.78 is 47.0. The van der Waals surface area contributed by atoms with Crippen LogP contribution in [0.3, 0.4) is 0 Å². The Bertz CT molecular complexity index is 2000. The van der Waals surface area contributed by atoms with Crippen LogP contribution < -0.4 is 9.47 Å². The van der Waals surface area contributed by atoms with Gasteiger partial charge in [0.25, 0.3) is 0 Å². The molecule has 0 amide bonds. The van der Waals surface area contributed by atoms with Crippen LogP contribution in [0.4, 0.5) is 8.78 Å². The van der Waals surface area contributed by atoms with E-state index in [1.165, 1.54) is 74.0 Å². The molecule has 3 aromatic carbocycles. The maximum atomic E-state index is 16.5. The molecule has 0 spiro atoms. The number of benzene rings is 3. The number of fused-ring (bicyclic) bond motifs is 1. The molecule has 0 N–H and O–H groups in total. The number of nitrogens with zero attached hydrogens (tertiary/aromatic N) is 2. The second-order valence-electron chi connectivity index (χ2n) is 13.5. The summed E-state index contributed by atoms with van der Waals surface area (Å²) in [6, 6.07) is 22.9. The van der Waals surface area contributed by atoms with E-state index in [2.05, 4.69) is 45.7 Å². The molecule has 54 heavy (non-hydrogen) atoms. The first-order chi connectivity index (χ1) is 26.4. The smallest absolute Gasteiger partial charge is 0.170 e. The molecular weight excluding hydrogens is 850 g/mol. The molecular formula is C44H46Br2F2N2O2S2. The first-order valence-electron chi connectivity index (χ1n) is 19.1. The summed E-state index contributed by atoms with van der Waals surface area (Å²) in [7, 11) is 0. The SMILES string of the molecule is CCCCCCCCOc1cccc(-c2nc3c(-c4ccc(Br)s4)c(F)c(F)c(-c4ccc(Br)s4)c3nc2-c2cccc(OCCCCCCCC)c2)c1. The van der Waals surface area contributed by atoms with Gasteiger partial charge in [-0.2, -0.15) is 0 Å². The summed E-state index contributed by atoms with van der Waals surface area (Å²) in [5.74, 6) is -0.459. The Morgan fingerprint density at radius 1 is 0.537 bits per heavy atom. The summed E-state index contributed by atoms with van der Waals surface area (Å²) in [6.45, 7) is 5.68. The highest BCUT2D eigenvalue weighted by Gasteiger charge is 2.28. The van der Waals surface area contributed by atoms with Crippen molar-refractivity contribution in [2.75, 3.05) is 13.2 Å². The number of unbranched alkanes of at least 4 members (excludes halogenated alkanes) is 10. The molecule has 10 heteroatoms. The van der Waals surface area contributed by atoms with Crippen molar-refractivity contribution in [1.82, 2.24) is 9.97 Å². The molecule has 0 atom stereocenters. The van der Waals surface area contributed by atoms with Gasteiger partial charge in [0.15, 0.2) is 11.6 Å². The fourth-order valence-electron chi connectivity index (χ4n) is 6.57. The van der Waals surface area contributed by atoms with E-state index < -0.39 is 11.6 Å². The van der Waals surface area contributed by atoms with E-state index in [4.69, 9.17) is 19.4 Å². The Morgan fingerprint density at radius 2 is 0.944 bits per heavy atom. The summed E-state index contributed by atoms with van der Waals surface area (Å²) in [6.07, 6.45) is 14.1. The van der Waals surface area contributed by atoms with Crippen molar-refractivity contribution in [2.24, 2.45) is 0 Å². The van der Waals surface area contributed by atoms with Crippen LogP contribution in [0.15, 0.2) is 80.4 Å². The molecule has 3 heterocycles. The van der Waals surface area contributed by atoms with Crippen LogP contribution in [0.1, 0.15) is 90.9 Å². The van der Waals surface area contributed by atoms with Crippen molar-refractivity contribution < 1.29 is 18.3 Å². The van der Waals surface area contributed by atoms with Crippen LogP contribution in [-0.2, 0) is 0 Å². The van der Waals surface area contributed by atoms with Gasteiger partial charge in [0.1, 0.15) is 22.5 Å². The number of thiophene rings is 2. The lowest BCUT2D eigenvalue weighted by molar-refractivity contribution is 0.304. The van der Waals surface area contributed by atoms with Crippen molar-refractivity contribution >= 4 is 65.6 Å². The predicted molar refractivity (Wildman–Crippen MR) is 230 cm³/mol. The lowest BCUT2D eigenvalue weighted by Crippen LogP contribution is -2.03. The Balaban J connectivity index is 1.46. The van der Waals surface area contributed by atoms with E-state index in [-0.39, 0.29) is 22.2 Å². The van der Waals surface area contributed by atoms with Crippen LogP contribution in [0, 0.1) is 11.6 Å². The number of aromatic nitrogens is 2. The minimum atomic E-state index is -0.953. The first-order valence-corrected chi connectivity index (χ1v) is 22.3. The summed E-state index contributed by atoms with van der Waals surface area (Å²) in [5, 5.41) is 0. The number of hydrogen-bond donors (Lipinski definition) is 0. The normalized spacial score (nSPS) is 11.4. The highest BCUT2D eigenvalue weighted by Crippen LogP contribution is 2.46. The minimum Gasteiger partial charge on any atom is -0.494 e. The number of halogens is 4. The van der Waals surface area contributed by atoms with Crippen molar-refractivity contribution in [1.29, 1.82) is 0 Å². The number of rotatable bonds is 20. The van der Waals surface area contributed by atoms with Crippen molar-refractivity contribution in [2.45, 2.75) is 90.9 Å². The highest BCUT2D eigenvalue weighted by molar-refractivity contribution is 9.11. The van der Waals surface area contributed by atoms with E-state index >= 15 is 8.78 Å². The first kappa shape index (κ1) is 40.5. The van der Waals surface area contributed by atoms with Gasteiger partial charge in [-0.1, -0.05) is 102 Å². The third-order valence-corrected chi connectivity index (χ3v) is 12.7. The molecule has 0 aliphatic rings. The van der Waals surface area contributed by atoms with E-state index in [0.717, 1.165) is 55.9 Å². The van der Waals surface area contributed by atoms with Crippen LogP contribution in [0.5, 0.6) is 11.5 Å². The maximum absolute atomic E-state index is 16.5. The van der Waals surface area contributed by atoms with Crippen molar-refractivity contribution in [3.8, 4) is 54.9 Å². The Labute approximate surface area is 342 Å². The molecule has 0 saturated carbocycles. The second kappa shape index (κ2) is 20.1. The third-order valence-electron chi connectivity index (χ3n) is 9.39. The highest BCUT2D eigenvalue weighted by atomic mass is 79.9. The van der Waals surface area contributed by atoms with Gasteiger partial charge in [-0.25, -0.2) is 18.7 Å². The zero-order chi connectivity index (χ0) is 37.9. The predicted octanol–water partition coefficient (Wildman–Crippen LogP) is 15.7. The van der Waals surface area contributed by atoms with E-state index in [1.807, 2.05) is 60.7 Å². The van der Waals surface area contributed by atoms with Gasteiger partial charge in [0.2, 0.25) is 0 Å². The van der Waals surface area contributed by atoms with E-state index in [1.54, 1.807) is 12.1 Å². The summed E-state index contributed by atoms with van der Waals surface area (Å²) in [5.41, 5.74) is 3.37. The molecule has 0 aliphatic carbocycles. The lowest BCUT2D eigenvalue weighted by atomic mass is 9.99. The molecule has 6 aromatic rings. The minimum absolute atomic E-state index is 0.0874. The van der Waals surface area contributed by atoms with Crippen molar-refractivity contribution in [3.05, 3.63) is 92.0 Å². The van der Waals surface area contributed by atoms with Crippen LogP contribution in [0.2, 0.25) is 0 Å². The molecule has 0 saturated heterocycles. The fourth-order valence-corrected chi connectivity index (χ4v) is 9.42. The van der Waals surface area contributed by atoms with Crippen LogP contribution in [0.25, 0.3) is 54.4 Å². The van der Waals surface area contributed by atoms with E-state index in [9.17, 15) is 0 Å². The molecule has 0 aliphatic heterocycles. The molecule has 0 bridgehead atoms. The average Bonchev–Trinajstić information content (AvgIpc) is 3.81. The number of ether oxygens (including phenoxy) is 2. The van der Waals surface area contributed by atoms with Gasteiger partial charge in [-0.05, 0) is 93.2 Å². The molecule has 0 fully saturated rings. The van der Waals surface area contributed by atoms with Gasteiger partial charge in [-0.15, -0.1) is 22.7 Å². The van der Waals surface area contributed by atoms with Crippen LogP contribution in [-0.4, -0.2) is 23.2 Å². The summed E-state index contributed by atoms with van der Waals surface area (Å²) in [4.78, 5) is 11.6. The molecule has 0 radical (unpaired) electrons. The standard InChI is InChI=1S/C44H46Br2F2N2O2S2/c1-3-5-7-9-11-13-25-51-31-19-15-17-29(27-31)41-42(30-18-16-20-32(28-30)52-26-14-12-10-8-6-4-2)50-44-38(34-22-24-36(46)54-34)40(48)39(47)37(43(44)49-41)33-21-23-35(45)53-33/h15-24,27-28H,3-14,25-26H2,1-2H3. The monoisotopic (exact) mass is 894 g/mol. The molecule has 3 aromatic heterocycles. The van der Waals surface area contributed by atoms with Gasteiger partial charge < -0.3 is 9.47 Å². The largest absolute Gasteiger partial charge is 0.494 e. The second-order valence-corrected chi connectivity index (χ2v) is 18.4. The molecule has 0 unspecified atom stereocenters. The molecule has 6 rings (SSSR count). The number of hydrogen-bond acceptors (Lipinski definition) is 6. The zero-order valence-electron chi connectivity index (χ0n) is 30.9. The zero-order valence-corrected chi connectivity index (χ0v) is 35.7. The van der Waals surface area contributed by atoms with Gasteiger partial charge in [0, 0.05) is 20.9 Å². The fraction of sp³-hybridized carbons (Fsp3) is 0.364. The van der Waals surface area contributed by atoms with Gasteiger partial charge in [-0.3, -0.25) is 0 Å². The Hall–Kier alpha value is -3.18. The Kier molecular flexibility index (Phi) is 15.1. The Morgan fingerprint density at radius 3 is 1.33 bits per heavy atom. The topological polar surface area (TPSA) is 44.2 Å². The molecule has 4 nitrogen and oxygen atoms in total. The van der Waals surface area contributed by atoms with Crippen molar-refractivity contribution in [3.63, 3.8) is 0 Å². The quantitative estimate of drug-likeness (QED) is 0.0716. The third kappa shape index (κ3) is 10.2. The van der Waals surface area contributed by atoms with Gasteiger partial charge in [0.05, 0.1) is 43.3 Å². The van der Waals surface area contributed by atoms with Crippen LogP contribution >= 0.6 is 54.5 Å². The lowest BCUT2D eigenvalue weighted by Gasteiger charge is -2.17. The van der Waals surface area contributed by atoms with Gasteiger partial charge >= 0.3 is 0 Å². The van der Waals surface area contributed by atoms with E-state index in [0.29, 0.717) is 34.4 Å². The molecule has 284 valence electrons.